The molecule has 1 fully saturated rings. The van der Waals surface area contributed by atoms with Crippen LogP contribution in [0.2, 0.25) is 0 Å². The van der Waals surface area contributed by atoms with Gasteiger partial charge in [-0.2, -0.15) is 9.97 Å². The molecule has 0 radical (unpaired) electrons. The molecule has 3 N–H and O–H groups in total. The highest BCUT2D eigenvalue weighted by atomic mass is 16.5. The van der Waals surface area contributed by atoms with Crippen molar-refractivity contribution < 1.29 is 4.74 Å². The summed E-state index contributed by atoms with van der Waals surface area (Å²) in [4.78, 5) is 13.6. The smallest absolute Gasteiger partial charge is 0.229 e. The van der Waals surface area contributed by atoms with E-state index >= 15 is 0 Å². The van der Waals surface area contributed by atoms with Crippen LogP contribution in [0.15, 0.2) is 48.7 Å². The Bertz CT molecular complexity index is 971. The molecule has 150 valence electrons. The fraction of sp³-hybridized carbons (Fsp3) is 0.318. The maximum absolute atomic E-state index is 6.04. The molecule has 7 heteroatoms. The lowest BCUT2D eigenvalue weighted by molar-refractivity contribution is 0.156. The van der Waals surface area contributed by atoms with E-state index in [1.807, 2.05) is 37.3 Å². The number of anilines is 4. The van der Waals surface area contributed by atoms with E-state index in [4.69, 9.17) is 4.74 Å². The molecule has 4 rings (SSSR count). The van der Waals surface area contributed by atoms with E-state index in [0.717, 1.165) is 37.2 Å². The van der Waals surface area contributed by atoms with Crippen LogP contribution in [-0.2, 0) is 0 Å². The minimum absolute atomic E-state index is 0.213. The zero-order valence-corrected chi connectivity index (χ0v) is 16.8. The van der Waals surface area contributed by atoms with Crippen molar-refractivity contribution in [3.63, 3.8) is 0 Å². The summed E-state index contributed by atoms with van der Waals surface area (Å²) >= 11 is 0. The van der Waals surface area contributed by atoms with Gasteiger partial charge in [0.1, 0.15) is 17.7 Å². The molecule has 1 aromatic carbocycles. The summed E-state index contributed by atoms with van der Waals surface area (Å²) in [5, 5.41) is 9.89. The second-order valence-corrected chi connectivity index (χ2v) is 7.27. The average molecular weight is 390 g/mol. The van der Waals surface area contributed by atoms with Gasteiger partial charge in [0.05, 0.1) is 0 Å². The predicted octanol–water partition coefficient (Wildman–Crippen LogP) is 4.11. The monoisotopic (exact) mass is 390 g/mol. The summed E-state index contributed by atoms with van der Waals surface area (Å²) in [5.41, 5.74) is 3.07. The van der Waals surface area contributed by atoms with Crippen LogP contribution < -0.4 is 20.7 Å². The summed E-state index contributed by atoms with van der Waals surface area (Å²) in [6.45, 7) is 5.99. The quantitative estimate of drug-likeness (QED) is 0.584. The Labute approximate surface area is 171 Å². The van der Waals surface area contributed by atoms with Gasteiger partial charge < -0.3 is 20.7 Å². The van der Waals surface area contributed by atoms with E-state index < -0.39 is 0 Å². The summed E-state index contributed by atoms with van der Waals surface area (Å²) in [6, 6.07) is 13.8. The fourth-order valence-electron chi connectivity index (χ4n) is 3.24. The van der Waals surface area contributed by atoms with E-state index in [0.29, 0.717) is 23.5 Å². The lowest BCUT2D eigenvalue weighted by Crippen LogP contribution is -2.34. The lowest BCUT2D eigenvalue weighted by atomic mass is 10.1. The van der Waals surface area contributed by atoms with Gasteiger partial charge in [-0.05, 0) is 63.5 Å². The third-order valence-electron chi connectivity index (χ3n) is 4.79. The Kier molecular flexibility index (Phi) is 5.86. The van der Waals surface area contributed by atoms with Crippen LogP contribution in [0, 0.1) is 13.8 Å². The number of nitrogens with zero attached hydrogens (tertiary/aromatic N) is 3. The number of aromatic nitrogens is 3. The molecular weight excluding hydrogens is 364 g/mol. The average Bonchev–Trinajstić information content (AvgIpc) is 2.72. The van der Waals surface area contributed by atoms with E-state index in [1.165, 1.54) is 5.56 Å². The number of nitrogens with one attached hydrogen (secondary N) is 3. The molecule has 1 aliphatic rings. The SMILES string of the molecule is Cc1cccc(Nc2ncc(C)c(Nc3cccc(OC4CCNCC4)n3)n2)c1. The van der Waals surface area contributed by atoms with E-state index in [1.54, 1.807) is 6.20 Å². The highest BCUT2D eigenvalue weighted by molar-refractivity contribution is 5.60. The van der Waals surface area contributed by atoms with Gasteiger partial charge >= 0.3 is 0 Å². The first-order valence-electron chi connectivity index (χ1n) is 9.94. The van der Waals surface area contributed by atoms with Crippen molar-refractivity contribution in [2.45, 2.75) is 32.8 Å². The van der Waals surface area contributed by atoms with Crippen molar-refractivity contribution in [1.29, 1.82) is 0 Å². The lowest BCUT2D eigenvalue weighted by Gasteiger charge is -2.23. The normalized spacial score (nSPS) is 14.4. The zero-order chi connectivity index (χ0) is 20.1. The molecule has 0 spiro atoms. The Morgan fingerprint density at radius 3 is 2.66 bits per heavy atom. The molecule has 0 bridgehead atoms. The van der Waals surface area contributed by atoms with Crippen molar-refractivity contribution in [2.24, 2.45) is 0 Å². The maximum atomic E-state index is 6.04. The van der Waals surface area contributed by atoms with Crippen LogP contribution in [0.5, 0.6) is 5.88 Å². The van der Waals surface area contributed by atoms with E-state index in [2.05, 4.69) is 50.0 Å². The molecule has 7 nitrogen and oxygen atoms in total. The van der Waals surface area contributed by atoms with Crippen molar-refractivity contribution in [1.82, 2.24) is 20.3 Å². The highest BCUT2D eigenvalue weighted by Crippen LogP contribution is 2.22. The molecule has 1 saturated heterocycles. The molecule has 0 unspecified atom stereocenters. The molecule has 3 heterocycles. The van der Waals surface area contributed by atoms with Gasteiger partial charge in [-0.3, -0.25) is 0 Å². The molecule has 0 amide bonds. The Hall–Kier alpha value is -3.19. The molecule has 2 aromatic heterocycles. The highest BCUT2D eigenvalue weighted by Gasteiger charge is 2.15. The van der Waals surface area contributed by atoms with E-state index in [9.17, 15) is 0 Å². The number of hydrogen-bond acceptors (Lipinski definition) is 7. The van der Waals surface area contributed by atoms with Crippen LogP contribution in [0.1, 0.15) is 24.0 Å². The van der Waals surface area contributed by atoms with Gasteiger partial charge in [-0.1, -0.05) is 18.2 Å². The molecule has 0 saturated carbocycles. The maximum Gasteiger partial charge on any atom is 0.229 e. The number of ether oxygens (including phenoxy) is 1. The van der Waals surface area contributed by atoms with Crippen LogP contribution in [0.4, 0.5) is 23.3 Å². The first-order valence-corrected chi connectivity index (χ1v) is 9.94. The van der Waals surface area contributed by atoms with Crippen molar-refractivity contribution in [2.75, 3.05) is 23.7 Å². The summed E-state index contributed by atoms with van der Waals surface area (Å²) in [6.07, 6.45) is 4.00. The molecule has 0 atom stereocenters. The van der Waals surface area contributed by atoms with Gasteiger partial charge in [0, 0.05) is 23.5 Å². The third-order valence-corrected chi connectivity index (χ3v) is 4.79. The number of rotatable bonds is 6. The van der Waals surface area contributed by atoms with Crippen LogP contribution >= 0.6 is 0 Å². The largest absolute Gasteiger partial charge is 0.474 e. The first-order chi connectivity index (χ1) is 14.2. The third kappa shape index (κ3) is 5.20. The van der Waals surface area contributed by atoms with Crippen LogP contribution in [0.25, 0.3) is 0 Å². The van der Waals surface area contributed by atoms with Crippen molar-refractivity contribution >= 4 is 23.3 Å². The molecule has 29 heavy (non-hydrogen) atoms. The fourth-order valence-corrected chi connectivity index (χ4v) is 3.24. The zero-order valence-electron chi connectivity index (χ0n) is 16.8. The molecule has 3 aromatic rings. The standard InChI is InChI=1S/C22H26N6O/c1-15-5-3-6-17(13-15)25-22-24-14-16(2)21(28-22)27-19-7-4-8-20(26-19)29-18-9-11-23-12-10-18/h3-8,13-14,18,23H,9-12H2,1-2H3,(H2,24,25,26,27,28). The summed E-state index contributed by atoms with van der Waals surface area (Å²) in [5.74, 6) is 2.57. The molecule has 1 aliphatic heterocycles. The second-order valence-electron chi connectivity index (χ2n) is 7.27. The minimum Gasteiger partial charge on any atom is -0.474 e. The second kappa shape index (κ2) is 8.87. The summed E-state index contributed by atoms with van der Waals surface area (Å²) in [7, 11) is 0. The first kappa shape index (κ1) is 19.1. The van der Waals surface area contributed by atoms with Crippen molar-refractivity contribution in [3.8, 4) is 5.88 Å². The Morgan fingerprint density at radius 2 is 1.83 bits per heavy atom. The minimum atomic E-state index is 0.213. The number of pyridine rings is 1. The Balaban J connectivity index is 1.48. The topological polar surface area (TPSA) is 84.0 Å². The number of aryl methyl sites for hydroxylation is 2. The predicted molar refractivity (Wildman–Crippen MR) is 115 cm³/mol. The number of hydrogen-bond donors (Lipinski definition) is 3. The molecular formula is C22H26N6O. The number of benzene rings is 1. The van der Waals surface area contributed by atoms with Gasteiger partial charge in [0.2, 0.25) is 11.8 Å². The van der Waals surface area contributed by atoms with Gasteiger partial charge in [0.25, 0.3) is 0 Å². The van der Waals surface area contributed by atoms with Crippen LogP contribution in [-0.4, -0.2) is 34.1 Å². The van der Waals surface area contributed by atoms with Crippen molar-refractivity contribution in [3.05, 3.63) is 59.8 Å². The molecule has 0 aliphatic carbocycles. The summed E-state index contributed by atoms with van der Waals surface area (Å²) < 4.78 is 6.04. The number of piperidine rings is 1. The van der Waals surface area contributed by atoms with Gasteiger partial charge in [-0.15, -0.1) is 0 Å². The van der Waals surface area contributed by atoms with E-state index in [-0.39, 0.29) is 6.10 Å². The van der Waals surface area contributed by atoms with Crippen LogP contribution in [0.3, 0.4) is 0 Å². The van der Waals surface area contributed by atoms with Gasteiger partial charge in [-0.25, -0.2) is 4.98 Å². The Morgan fingerprint density at radius 1 is 1.00 bits per heavy atom. The van der Waals surface area contributed by atoms with Gasteiger partial charge in [0.15, 0.2) is 0 Å².